The topological polar surface area (TPSA) is 47.6 Å². The molecule has 0 saturated heterocycles. The van der Waals surface area contributed by atoms with Gasteiger partial charge in [-0.1, -0.05) is 51.1 Å². The van der Waals surface area contributed by atoms with Crippen LogP contribution in [0.25, 0.3) is 0 Å². The Morgan fingerprint density at radius 1 is 1.04 bits per heavy atom. The van der Waals surface area contributed by atoms with E-state index in [4.69, 9.17) is 9.47 Å². The SMILES string of the molecule is CC(NC(=O)CCc1ccc(C(C)(C)C)cc1)c1ccc2c(c1)OCCO2. The van der Waals surface area contributed by atoms with Crippen molar-refractivity contribution in [1.82, 2.24) is 5.32 Å². The minimum absolute atomic E-state index is 0.0530. The van der Waals surface area contributed by atoms with Gasteiger partial charge in [-0.25, -0.2) is 0 Å². The van der Waals surface area contributed by atoms with Gasteiger partial charge in [-0.2, -0.15) is 0 Å². The standard InChI is InChI=1S/C23H29NO3/c1-16(18-8-11-20-21(15-18)27-14-13-26-20)24-22(25)12-7-17-5-9-19(10-6-17)23(2,3)4/h5-6,8-11,15-16H,7,12-14H2,1-4H3,(H,24,25). The Kier molecular flexibility index (Phi) is 5.73. The molecule has 1 aliphatic heterocycles. The number of carbonyl (C=O) groups excluding carboxylic acids is 1. The number of aryl methyl sites for hydroxylation is 1. The maximum absolute atomic E-state index is 12.3. The van der Waals surface area contributed by atoms with Gasteiger partial charge >= 0.3 is 0 Å². The Morgan fingerprint density at radius 2 is 1.70 bits per heavy atom. The van der Waals surface area contributed by atoms with Crippen LogP contribution in [0.1, 0.15) is 56.8 Å². The van der Waals surface area contributed by atoms with Crippen molar-refractivity contribution < 1.29 is 14.3 Å². The monoisotopic (exact) mass is 367 g/mol. The van der Waals surface area contributed by atoms with Gasteiger partial charge in [-0.15, -0.1) is 0 Å². The van der Waals surface area contributed by atoms with Crippen LogP contribution in [-0.2, 0) is 16.6 Å². The molecule has 2 aromatic rings. The lowest BCUT2D eigenvalue weighted by molar-refractivity contribution is -0.121. The van der Waals surface area contributed by atoms with Gasteiger partial charge < -0.3 is 14.8 Å². The molecule has 1 aliphatic rings. The third kappa shape index (κ3) is 5.03. The molecule has 2 aromatic carbocycles. The number of amides is 1. The molecule has 3 rings (SSSR count). The second-order valence-electron chi connectivity index (χ2n) is 8.14. The van der Waals surface area contributed by atoms with Crippen molar-refractivity contribution in [3.8, 4) is 11.5 Å². The summed E-state index contributed by atoms with van der Waals surface area (Å²) in [5.41, 5.74) is 3.66. The predicted molar refractivity (Wildman–Crippen MR) is 107 cm³/mol. The highest BCUT2D eigenvalue weighted by Crippen LogP contribution is 2.32. The molecule has 0 radical (unpaired) electrons. The number of carbonyl (C=O) groups is 1. The van der Waals surface area contributed by atoms with Crippen molar-refractivity contribution >= 4 is 5.91 Å². The summed E-state index contributed by atoms with van der Waals surface area (Å²) in [7, 11) is 0. The van der Waals surface area contributed by atoms with Crippen molar-refractivity contribution in [3.05, 3.63) is 59.2 Å². The molecular formula is C23H29NO3. The van der Waals surface area contributed by atoms with Crippen LogP contribution in [0, 0.1) is 0 Å². The Hall–Kier alpha value is -2.49. The second kappa shape index (κ2) is 8.03. The number of ether oxygens (including phenoxy) is 2. The fourth-order valence-electron chi connectivity index (χ4n) is 3.16. The molecule has 144 valence electrons. The first kappa shape index (κ1) is 19.3. The smallest absolute Gasteiger partial charge is 0.220 e. The van der Waals surface area contributed by atoms with E-state index in [-0.39, 0.29) is 17.4 Å². The fourth-order valence-corrected chi connectivity index (χ4v) is 3.16. The van der Waals surface area contributed by atoms with Crippen LogP contribution in [0.4, 0.5) is 0 Å². The van der Waals surface area contributed by atoms with E-state index in [0.29, 0.717) is 19.6 Å². The van der Waals surface area contributed by atoms with Crippen LogP contribution in [0.15, 0.2) is 42.5 Å². The van der Waals surface area contributed by atoms with E-state index in [1.54, 1.807) is 0 Å². The number of fused-ring (bicyclic) bond motifs is 1. The molecule has 0 fully saturated rings. The van der Waals surface area contributed by atoms with Crippen molar-refractivity contribution in [1.29, 1.82) is 0 Å². The van der Waals surface area contributed by atoms with Crippen molar-refractivity contribution in [2.75, 3.05) is 13.2 Å². The molecule has 1 N–H and O–H groups in total. The molecule has 1 unspecified atom stereocenters. The maximum Gasteiger partial charge on any atom is 0.220 e. The van der Waals surface area contributed by atoms with Crippen LogP contribution in [-0.4, -0.2) is 19.1 Å². The summed E-state index contributed by atoms with van der Waals surface area (Å²) < 4.78 is 11.2. The first-order chi connectivity index (χ1) is 12.8. The average molecular weight is 367 g/mol. The van der Waals surface area contributed by atoms with E-state index < -0.39 is 0 Å². The maximum atomic E-state index is 12.3. The van der Waals surface area contributed by atoms with Crippen molar-refractivity contribution in [3.63, 3.8) is 0 Å². The summed E-state index contributed by atoms with van der Waals surface area (Å²) in [6, 6.07) is 14.3. The first-order valence-electron chi connectivity index (χ1n) is 9.61. The highest BCUT2D eigenvalue weighted by Gasteiger charge is 2.16. The molecule has 4 nitrogen and oxygen atoms in total. The second-order valence-corrected chi connectivity index (χ2v) is 8.14. The molecule has 1 amide bonds. The lowest BCUT2D eigenvalue weighted by atomic mass is 9.86. The van der Waals surface area contributed by atoms with Crippen LogP contribution in [0.2, 0.25) is 0 Å². The fraction of sp³-hybridized carbons (Fsp3) is 0.435. The number of hydrogen-bond acceptors (Lipinski definition) is 3. The molecular weight excluding hydrogens is 338 g/mol. The van der Waals surface area contributed by atoms with Crippen molar-refractivity contribution in [2.45, 2.75) is 52.0 Å². The van der Waals surface area contributed by atoms with E-state index in [1.807, 2.05) is 25.1 Å². The van der Waals surface area contributed by atoms with Gasteiger partial charge in [0, 0.05) is 6.42 Å². The van der Waals surface area contributed by atoms with Gasteiger partial charge in [0.15, 0.2) is 11.5 Å². The average Bonchev–Trinajstić information content (AvgIpc) is 2.65. The summed E-state index contributed by atoms with van der Waals surface area (Å²) in [6.45, 7) is 9.74. The molecule has 27 heavy (non-hydrogen) atoms. The van der Waals surface area contributed by atoms with Crippen molar-refractivity contribution in [2.24, 2.45) is 0 Å². The van der Waals surface area contributed by atoms with Gasteiger partial charge in [0.1, 0.15) is 13.2 Å². The van der Waals surface area contributed by atoms with Crippen LogP contribution in [0.3, 0.4) is 0 Å². The summed E-state index contributed by atoms with van der Waals surface area (Å²) in [6.07, 6.45) is 1.22. The Morgan fingerprint density at radius 3 is 2.37 bits per heavy atom. The lowest BCUT2D eigenvalue weighted by Crippen LogP contribution is -2.27. The van der Waals surface area contributed by atoms with Crippen LogP contribution in [0.5, 0.6) is 11.5 Å². The largest absolute Gasteiger partial charge is 0.486 e. The minimum Gasteiger partial charge on any atom is -0.486 e. The summed E-state index contributed by atoms with van der Waals surface area (Å²) >= 11 is 0. The Balaban J connectivity index is 1.53. The summed E-state index contributed by atoms with van der Waals surface area (Å²) in [5, 5.41) is 3.07. The zero-order valence-corrected chi connectivity index (χ0v) is 16.7. The van der Waals surface area contributed by atoms with E-state index in [1.165, 1.54) is 11.1 Å². The number of nitrogens with one attached hydrogen (secondary N) is 1. The molecule has 0 saturated carbocycles. The normalized spacial score (nSPS) is 14.5. The van der Waals surface area contributed by atoms with Gasteiger partial charge in [0.25, 0.3) is 0 Å². The van der Waals surface area contributed by atoms with Gasteiger partial charge in [0.2, 0.25) is 5.91 Å². The quantitative estimate of drug-likeness (QED) is 0.842. The number of hydrogen-bond donors (Lipinski definition) is 1. The molecule has 0 aromatic heterocycles. The zero-order chi connectivity index (χ0) is 19.4. The lowest BCUT2D eigenvalue weighted by Gasteiger charge is -2.21. The first-order valence-corrected chi connectivity index (χ1v) is 9.61. The van der Waals surface area contributed by atoms with Gasteiger partial charge in [0.05, 0.1) is 6.04 Å². The van der Waals surface area contributed by atoms with Crippen LogP contribution >= 0.6 is 0 Å². The highest BCUT2D eigenvalue weighted by atomic mass is 16.6. The van der Waals surface area contributed by atoms with Gasteiger partial charge in [-0.3, -0.25) is 4.79 Å². The van der Waals surface area contributed by atoms with E-state index in [9.17, 15) is 4.79 Å². The predicted octanol–water partition coefficient (Wildman–Crippen LogP) is 4.57. The third-order valence-corrected chi connectivity index (χ3v) is 4.90. The zero-order valence-electron chi connectivity index (χ0n) is 16.7. The van der Waals surface area contributed by atoms with E-state index in [2.05, 4.69) is 50.4 Å². The van der Waals surface area contributed by atoms with E-state index >= 15 is 0 Å². The third-order valence-electron chi connectivity index (χ3n) is 4.90. The number of benzene rings is 2. The molecule has 4 heteroatoms. The molecule has 0 spiro atoms. The summed E-state index contributed by atoms with van der Waals surface area (Å²) in [5.74, 6) is 1.57. The Labute approximate surface area is 161 Å². The molecule has 1 atom stereocenters. The Bertz CT molecular complexity index is 790. The molecule has 1 heterocycles. The number of rotatable bonds is 5. The molecule has 0 aliphatic carbocycles. The summed E-state index contributed by atoms with van der Waals surface area (Å²) in [4.78, 5) is 12.3. The highest BCUT2D eigenvalue weighted by molar-refractivity contribution is 5.76. The van der Waals surface area contributed by atoms with Crippen LogP contribution < -0.4 is 14.8 Å². The minimum atomic E-state index is -0.0726. The molecule has 0 bridgehead atoms. The van der Waals surface area contributed by atoms with E-state index in [0.717, 1.165) is 23.5 Å². The van der Waals surface area contributed by atoms with Gasteiger partial charge in [-0.05, 0) is 47.6 Å².